The van der Waals surface area contributed by atoms with Gasteiger partial charge in [-0.2, -0.15) is 0 Å². The second-order valence-electron chi connectivity index (χ2n) is 5.14. The smallest absolute Gasteiger partial charge is 0.371 e. The number of aromatic carboxylic acids is 1. The Kier molecular flexibility index (Phi) is 5.36. The van der Waals surface area contributed by atoms with Crippen molar-refractivity contribution in [2.24, 2.45) is 0 Å². The molecule has 1 aromatic heterocycles. The van der Waals surface area contributed by atoms with Gasteiger partial charge in [0.05, 0.1) is 0 Å². The van der Waals surface area contributed by atoms with Gasteiger partial charge in [-0.3, -0.25) is 4.79 Å². The second-order valence-corrected chi connectivity index (χ2v) is 5.14. The molecule has 5 nitrogen and oxygen atoms in total. The van der Waals surface area contributed by atoms with Crippen LogP contribution in [0.3, 0.4) is 0 Å². The highest BCUT2D eigenvalue weighted by Crippen LogP contribution is 2.11. The van der Waals surface area contributed by atoms with Gasteiger partial charge < -0.3 is 14.4 Å². The molecule has 0 aliphatic rings. The molecule has 0 saturated carbocycles. The van der Waals surface area contributed by atoms with Crippen LogP contribution in [0, 0.1) is 0 Å². The van der Waals surface area contributed by atoms with Crippen LogP contribution in [0.5, 0.6) is 0 Å². The molecular weight excluding hydrogens is 282 g/mol. The van der Waals surface area contributed by atoms with Crippen molar-refractivity contribution in [1.29, 1.82) is 0 Å². The van der Waals surface area contributed by atoms with Crippen molar-refractivity contribution < 1.29 is 19.1 Å². The first-order valence-electron chi connectivity index (χ1n) is 7.20. The monoisotopic (exact) mass is 301 g/mol. The molecule has 116 valence electrons. The average Bonchev–Trinajstić information content (AvgIpc) is 3.02. The molecule has 0 aliphatic carbocycles. The first-order valence-corrected chi connectivity index (χ1v) is 7.20. The van der Waals surface area contributed by atoms with Crippen LogP contribution in [-0.4, -0.2) is 35.5 Å². The highest BCUT2D eigenvalue weighted by molar-refractivity contribution is 5.93. The number of nitrogens with zero attached hydrogens (tertiary/aromatic N) is 1. The van der Waals surface area contributed by atoms with Crippen molar-refractivity contribution in [2.45, 2.75) is 19.3 Å². The fourth-order valence-electron chi connectivity index (χ4n) is 2.18. The SMILES string of the molecule is CN(CCCCc1ccccc1)C(=O)c1ccc(C(=O)O)o1. The molecule has 5 heteroatoms. The van der Waals surface area contributed by atoms with E-state index < -0.39 is 5.97 Å². The maximum atomic E-state index is 12.1. The molecule has 1 heterocycles. The molecule has 0 bridgehead atoms. The van der Waals surface area contributed by atoms with Crippen LogP contribution >= 0.6 is 0 Å². The van der Waals surface area contributed by atoms with E-state index in [1.807, 2.05) is 18.2 Å². The lowest BCUT2D eigenvalue weighted by molar-refractivity contribution is 0.0653. The fourth-order valence-corrected chi connectivity index (χ4v) is 2.18. The van der Waals surface area contributed by atoms with Crippen molar-refractivity contribution >= 4 is 11.9 Å². The quantitative estimate of drug-likeness (QED) is 0.798. The standard InChI is InChI=1S/C17H19NO4/c1-18(12-6-5-9-13-7-3-2-4-8-13)16(19)14-10-11-15(22-14)17(20)21/h2-4,7-8,10-11H,5-6,9,12H2,1H3,(H,20,21). The summed E-state index contributed by atoms with van der Waals surface area (Å²) < 4.78 is 5.01. The number of amides is 1. The van der Waals surface area contributed by atoms with Crippen molar-refractivity contribution in [1.82, 2.24) is 4.90 Å². The van der Waals surface area contributed by atoms with Gasteiger partial charge in [-0.25, -0.2) is 4.79 Å². The summed E-state index contributed by atoms with van der Waals surface area (Å²) in [5, 5.41) is 8.78. The molecule has 0 saturated heterocycles. The predicted octanol–water partition coefficient (Wildman–Crippen LogP) is 3.07. The van der Waals surface area contributed by atoms with Gasteiger partial charge in [-0.15, -0.1) is 0 Å². The van der Waals surface area contributed by atoms with E-state index in [1.165, 1.54) is 17.7 Å². The molecule has 0 aliphatic heterocycles. The summed E-state index contributed by atoms with van der Waals surface area (Å²) in [4.78, 5) is 24.4. The third kappa shape index (κ3) is 4.22. The molecule has 2 rings (SSSR count). The van der Waals surface area contributed by atoms with Gasteiger partial charge >= 0.3 is 5.97 Å². The van der Waals surface area contributed by atoms with Crippen LogP contribution in [0.15, 0.2) is 46.9 Å². The normalized spacial score (nSPS) is 10.4. The zero-order valence-electron chi connectivity index (χ0n) is 12.5. The van der Waals surface area contributed by atoms with Crippen LogP contribution in [-0.2, 0) is 6.42 Å². The Balaban J connectivity index is 1.77. The third-order valence-electron chi connectivity index (χ3n) is 3.43. The number of carboxylic acid groups (broad SMARTS) is 1. The maximum Gasteiger partial charge on any atom is 0.371 e. The third-order valence-corrected chi connectivity index (χ3v) is 3.43. The molecule has 0 unspecified atom stereocenters. The van der Waals surface area contributed by atoms with E-state index >= 15 is 0 Å². The van der Waals surface area contributed by atoms with Gasteiger partial charge in [-0.1, -0.05) is 30.3 Å². The van der Waals surface area contributed by atoms with Gasteiger partial charge in [-0.05, 0) is 37.0 Å². The van der Waals surface area contributed by atoms with Crippen molar-refractivity contribution in [3.05, 3.63) is 59.5 Å². The van der Waals surface area contributed by atoms with Crippen LogP contribution in [0.4, 0.5) is 0 Å². The number of hydrogen-bond donors (Lipinski definition) is 1. The summed E-state index contributed by atoms with van der Waals surface area (Å²) in [5.74, 6) is -1.64. The number of furan rings is 1. The van der Waals surface area contributed by atoms with Gasteiger partial charge in [0, 0.05) is 13.6 Å². The molecule has 22 heavy (non-hydrogen) atoms. The zero-order chi connectivity index (χ0) is 15.9. The summed E-state index contributed by atoms with van der Waals surface area (Å²) in [6.07, 6.45) is 2.84. The molecule has 1 amide bonds. The van der Waals surface area contributed by atoms with Crippen LogP contribution in [0.1, 0.15) is 39.5 Å². The first kappa shape index (κ1) is 15.8. The number of hydrogen-bond acceptors (Lipinski definition) is 3. The van der Waals surface area contributed by atoms with Crippen LogP contribution in [0.2, 0.25) is 0 Å². The van der Waals surface area contributed by atoms with Gasteiger partial charge in [0.2, 0.25) is 5.76 Å². The van der Waals surface area contributed by atoms with E-state index in [1.54, 1.807) is 11.9 Å². The number of carboxylic acids is 1. The number of aryl methyl sites for hydroxylation is 1. The number of carbonyl (C=O) groups excluding carboxylic acids is 1. The van der Waals surface area contributed by atoms with E-state index in [0.29, 0.717) is 6.54 Å². The van der Waals surface area contributed by atoms with Gasteiger partial charge in [0.1, 0.15) is 0 Å². The summed E-state index contributed by atoms with van der Waals surface area (Å²) in [6.45, 7) is 0.606. The lowest BCUT2D eigenvalue weighted by Crippen LogP contribution is -2.27. The second kappa shape index (κ2) is 7.45. The Bertz CT molecular complexity index is 633. The number of benzene rings is 1. The number of rotatable bonds is 7. The molecule has 1 aromatic carbocycles. The minimum atomic E-state index is -1.18. The predicted molar refractivity (Wildman–Crippen MR) is 82.0 cm³/mol. The minimum Gasteiger partial charge on any atom is -0.475 e. The Morgan fingerprint density at radius 2 is 1.73 bits per heavy atom. The van der Waals surface area contributed by atoms with Crippen molar-refractivity contribution in [2.75, 3.05) is 13.6 Å². The molecule has 0 atom stereocenters. The van der Waals surface area contributed by atoms with Crippen LogP contribution < -0.4 is 0 Å². The van der Waals surface area contributed by atoms with Gasteiger partial charge in [0.25, 0.3) is 5.91 Å². The minimum absolute atomic E-state index is 0.0583. The summed E-state index contributed by atoms with van der Waals surface area (Å²) >= 11 is 0. The summed E-state index contributed by atoms with van der Waals surface area (Å²) in [7, 11) is 1.69. The van der Waals surface area contributed by atoms with E-state index in [4.69, 9.17) is 9.52 Å². The molecular formula is C17H19NO4. The van der Waals surface area contributed by atoms with Gasteiger partial charge in [0.15, 0.2) is 5.76 Å². The largest absolute Gasteiger partial charge is 0.475 e. The maximum absolute atomic E-state index is 12.1. The molecule has 2 aromatic rings. The number of carbonyl (C=O) groups is 2. The summed E-state index contributed by atoms with van der Waals surface area (Å²) in [6, 6.07) is 12.9. The van der Waals surface area contributed by atoms with Crippen LogP contribution in [0.25, 0.3) is 0 Å². The van der Waals surface area contributed by atoms with Crippen molar-refractivity contribution in [3.8, 4) is 0 Å². The number of unbranched alkanes of at least 4 members (excludes halogenated alkanes) is 1. The Hall–Kier alpha value is -2.56. The fraction of sp³-hybridized carbons (Fsp3) is 0.294. The highest BCUT2D eigenvalue weighted by Gasteiger charge is 2.17. The van der Waals surface area contributed by atoms with E-state index in [-0.39, 0.29) is 17.4 Å². The summed E-state index contributed by atoms with van der Waals surface area (Å²) in [5.41, 5.74) is 1.29. The zero-order valence-corrected chi connectivity index (χ0v) is 12.5. The highest BCUT2D eigenvalue weighted by atomic mass is 16.4. The molecule has 0 fully saturated rings. The Labute approximate surface area is 129 Å². The first-order chi connectivity index (χ1) is 10.6. The lowest BCUT2D eigenvalue weighted by atomic mass is 10.1. The molecule has 1 N–H and O–H groups in total. The average molecular weight is 301 g/mol. The topological polar surface area (TPSA) is 70.8 Å². The Morgan fingerprint density at radius 1 is 1.05 bits per heavy atom. The molecule has 0 radical (unpaired) electrons. The lowest BCUT2D eigenvalue weighted by Gasteiger charge is -2.15. The Morgan fingerprint density at radius 3 is 2.36 bits per heavy atom. The van der Waals surface area contributed by atoms with E-state index in [0.717, 1.165) is 19.3 Å². The van der Waals surface area contributed by atoms with E-state index in [2.05, 4.69) is 12.1 Å². The molecule has 0 spiro atoms. The van der Waals surface area contributed by atoms with Crippen molar-refractivity contribution in [3.63, 3.8) is 0 Å². The van der Waals surface area contributed by atoms with E-state index in [9.17, 15) is 9.59 Å².